The summed E-state index contributed by atoms with van der Waals surface area (Å²) in [4.78, 5) is 26.6. The topological polar surface area (TPSA) is 85.2 Å². The number of para-hydroxylation sites is 1. The van der Waals surface area contributed by atoms with Crippen LogP contribution in [0.15, 0.2) is 48.5 Å². The molecule has 0 aromatic heterocycles. The number of nitrogens with one attached hydrogen (secondary N) is 2. The number of rotatable bonds is 5. The molecule has 0 saturated heterocycles. The van der Waals surface area contributed by atoms with Gasteiger partial charge in [0, 0.05) is 25.5 Å². The Morgan fingerprint density at radius 1 is 1.00 bits per heavy atom. The Morgan fingerprint density at radius 3 is 2.23 bits per heavy atom. The van der Waals surface area contributed by atoms with Crippen molar-refractivity contribution in [1.29, 1.82) is 5.26 Å². The average Bonchev–Trinajstić information content (AvgIpc) is 3.43. The van der Waals surface area contributed by atoms with Gasteiger partial charge in [-0.25, -0.2) is 0 Å². The van der Waals surface area contributed by atoms with Gasteiger partial charge in [-0.05, 0) is 42.8 Å². The van der Waals surface area contributed by atoms with Gasteiger partial charge in [-0.3, -0.25) is 9.59 Å². The van der Waals surface area contributed by atoms with Crippen LogP contribution in [-0.2, 0) is 9.59 Å². The van der Waals surface area contributed by atoms with E-state index in [1.807, 2.05) is 49.3 Å². The summed E-state index contributed by atoms with van der Waals surface area (Å²) in [5, 5.41) is 14.7. The van der Waals surface area contributed by atoms with E-state index in [9.17, 15) is 9.59 Å². The number of carbonyl (C=O) groups excluding carboxylic acids is 2. The summed E-state index contributed by atoms with van der Waals surface area (Å²) < 4.78 is 0. The zero-order valence-corrected chi connectivity index (χ0v) is 14.7. The van der Waals surface area contributed by atoms with Crippen LogP contribution in [0.5, 0.6) is 0 Å². The highest BCUT2D eigenvalue weighted by atomic mass is 16.2. The van der Waals surface area contributed by atoms with Gasteiger partial charge < -0.3 is 15.5 Å². The van der Waals surface area contributed by atoms with Gasteiger partial charge >= 0.3 is 0 Å². The van der Waals surface area contributed by atoms with E-state index >= 15 is 0 Å². The maximum absolute atomic E-state index is 12.3. The summed E-state index contributed by atoms with van der Waals surface area (Å²) in [6.07, 6.45) is 0.516. The molecule has 1 aliphatic carbocycles. The van der Waals surface area contributed by atoms with Crippen molar-refractivity contribution in [3.05, 3.63) is 54.1 Å². The number of nitrogens with zero attached hydrogens (tertiary/aromatic N) is 2. The minimum atomic E-state index is -0.359. The second kappa shape index (κ2) is 7.28. The molecule has 26 heavy (non-hydrogen) atoms. The van der Waals surface area contributed by atoms with Crippen molar-refractivity contribution < 1.29 is 9.59 Å². The molecule has 1 fully saturated rings. The molecule has 3 rings (SSSR count). The van der Waals surface area contributed by atoms with Gasteiger partial charge in [0.1, 0.15) is 6.07 Å². The highest BCUT2D eigenvalue weighted by Crippen LogP contribution is 2.40. The van der Waals surface area contributed by atoms with E-state index in [0.717, 1.165) is 5.69 Å². The lowest BCUT2D eigenvalue weighted by Crippen LogP contribution is -2.21. The zero-order chi connectivity index (χ0) is 18.7. The molecule has 0 radical (unpaired) electrons. The van der Waals surface area contributed by atoms with Crippen LogP contribution >= 0.6 is 0 Å². The van der Waals surface area contributed by atoms with E-state index in [1.165, 1.54) is 0 Å². The molecule has 2 aromatic rings. The molecule has 6 heteroatoms. The van der Waals surface area contributed by atoms with Gasteiger partial charge in [-0.15, -0.1) is 0 Å². The minimum absolute atomic E-state index is 0.156. The molecule has 0 spiro atoms. The van der Waals surface area contributed by atoms with E-state index in [1.54, 1.807) is 24.3 Å². The summed E-state index contributed by atoms with van der Waals surface area (Å²) in [5.74, 6) is -1.08. The second-order valence-corrected chi connectivity index (χ2v) is 6.53. The van der Waals surface area contributed by atoms with Crippen LogP contribution in [0.1, 0.15) is 12.0 Å². The molecule has 0 aliphatic heterocycles. The second-order valence-electron chi connectivity index (χ2n) is 6.53. The van der Waals surface area contributed by atoms with Crippen LogP contribution in [0.2, 0.25) is 0 Å². The van der Waals surface area contributed by atoms with Crippen molar-refractivity contribution in [2.24, 2.45) is 11.8 Å². The Morgan fingerprint density at radius 2 is 1.62 bits per heavy atom. The fraction of sp³-hybridized carbons (Fsp3) is 0.250. The number of carbonyl (C=O) groups is 2. The molecular formula is C20H20N4O2. The minimum Gasteiger partial charge on any atom is -0.378 e. The molecule has 0 heterocycles. The third-order valence-electron chi connectivity index (χ3n) is 4.42. The molecule has 2 amide bonds. The van der Waals surface area contributed by atoms with Crippen LogP contribution in [0, 0.1) is 23.2 Å². The first-order valence-electron chi connectivity index (χ1n) is 8.38. The molecule has 1 aliphatic rings. The van der Waals surface area contributed by atoms with Crippen LogP contribution in [0.25, 0.3) is 0 Å². The Hall–Kier alpha value is -3.33. The quantitative estimate of drug-likeness (QED) is 0.870. The van der Waals surface area contributed by atoms with Gasteiger partial charge in [-0.1, -0.05) is 12.1 Å². The molecule has 2 unspecified atom stereocenters. The maximum atomic E-state index is 12.3. The van der Waals surface area contributed by atoms with Gasteiger partial charge in [0.05, 0.1) is 23.1 Å². The third-order valence-corrected chi connectivity index (χ3v) is 4.42. The van der Waals surface area contributed by atoms with Crippen molar-refractivity contribution in [3.63, 3.8) is 0 Å². The first-order chi connectivity index (χ1) is 12.5. The van der Waals surface area contributed by atoms with Crippen LogP contribution < -0.4 is 15.5 Å². The number of anilines is 3. The first-order valence-corrected chi connectivity index (χ1v) is 8.38. The van der Waals surface area contributed by atoms with Crippen molar-refractivity contribution >= 4 is 28.9 Å². The molecule has 0 bridgehead atoms. The lowest BCUT2D eigenvalue weighted by molar-refractivity contribution is -0.122. The smallest absolute Gasteiger partial charge is 0.228 e. The lowest BCUT2D eigenvalue weighted by Gasteiger charge is -2.13. The fourth-order valence-corrected chi connectivity index (χ4v) is 2.77. The lowest BCUT2D eigenvalue weighted by atomic mass is 10.2. The van der Waals surface area contributed by atoms with Crippen molar-refractivity contribution in [2.45, 2.75) is 6.42 Å². The van der Waals surface area contributed by atoms with Gasteiger partial charge in [-0.2, -0.15) is 5.26 Å². The number of amides is 2. The van der Waals surface area contributed by atoms with Gasteiger partial charge in [0.2, 0.25) is 11.8 Å². The summed E-state index contributed by atoms with van der Waals surface area (Å²) in [7, 11) is 3.90. The number of benzene rings is 2. The van der Waals surface area contributed by atoms with Crippen LogP contribution in [-0.4, -0.2) is 25.9 Å². The summed E-state index contributed by atoms with van der Waals surface area (Å²) in [6, 6.07) is 16.4. The van der Waals surface area contributed by atoms with E-state index in [4.69, 9.17) is 5.26 Å². The molecule has 132 valence electrons. The molecule has 2 atom stereocenters. The van der Waals surface area contributed by atoms with E-state index in [-0.39, 0.29) is 23.7 Å². The van der Waals surface area contributed by atoms with Crippen molar-refractivity contribution in [1.82, 2.24) is 0 Å². The standard InChI is InChI=1S/C20H20N4O2/c1-24(2)15-9-7-14(8-10-15)22-19(25)16-11-17(16)20(26)23-18-6-4-3-5-13(18)12-21/h3-10,16-17H,11H2,1-2H3,(H,22,25)(H,23,26). The number of hydrogen-bond acceptors (Lipinski definition) is 4. The highest BCUT2D eigenvalue weighted by molar-refractivity contribution is 6.03. The van der Waals surface area contributed by atoms with E-state index < -0.39 is 0 Å². The third kappa shape index (κ3) is 3.83. The average molecular weight is 348 g/mol. The number of nitriles is 1. The largest absolute Gasteiger partial charge is 0.378 e. The predicted molar refractivity (Wildman–Crippen MR) is 101 cm³/mol. The normalized spacial score (nSPS) is 17.7. The Bertz CT molecular complexity index is 868. The zero-order valence-electron chi connectivity index (χ0n) is 14.7. The van der Waals surface area contributed by atoms with E-state index in [0.29, 0.717) is 23.4 Å². The molecule has 2 aromatic carbocycles. The maximum Gasteiger partial charge on any atom is 0.228 e. The summed E-state index contributed by atoms with van der Waals surface area (Å²) in [5.41, 5.74) is 2.64. The van der Waals surface area contributed by atoms with Gasteiger partial charge in [0.25, 0.3) is 0 Å². The Labute approximate surface area is 152 Å². The number of hydrogen-bond donors (Lipinski definition) is 2. The fourth-order valence-electron chi connectivity index (χ4n) is 2.77. The molecular weight excluding hydrogens is 328 g/mol. The Balaban J connectivity index is 1.56. The predicted octanol–water partition coefficient (Wildman–Crippen LogP) is 2.84. The van der Waals surface area contributed by atoms with Gasteiger partial charge in [0.15, 0.2) is 0 Å². The molecule has 1 saturated carbocycles. The monoisotopic (exact) mass is 348 g/mol. The first kappa shape index (κ1) is 17.5. The summed E-state index contributed by atoms with van der Waals surface area (Å²) in [6.45, 7) is 0. The Kier molecular flexibility index (Phi) is 4.90. The highest BCUT2D eigenvalue weighted by Gasteiger charge is 2.48. The summed E-state index contributed by atoms with van der Waals surface area (Å²) >= 11 is 0. The van der Waals surface area contributed by atoms with Crippen molar-refractivity contribution in [2.75, 3.05) is 29.6 Å². The SMILES string of the molecule is CN(C)c1ccc(NC(=O)C2CC2C(=O)Nc2ccccc2C#N)cc1. The van der Waals surface area contributed by atoms with Crippen LogP contribution in [0.3, 0.4) is 0 Å². The molecule has 2 N–H and O–H groups in total. The van der Waals surface area contributed by atoms with Crippen LogP contribution in [0.4, 0.5) is 17.1 Å². The van der Waals surface area contributed by atoms with Crippen molar-refractivity contribution in [3.8, 4) is 6.07 Å². The van der Waals surface area contributed by atoms with E-state index in [2.05, 4.69) is 10.6 Å². The molecule has 6 nitrogen and oxygen atoms in total.